The Morgan fingerprint density at radius 1 is 0.745 bits per heavy atom. The van der Waals surface area contributed by atoms with Gasteiger partial charge in [-0.25, -0.2) is 31.3 Å². The van der Waals surface area contributed by atoms with Crippen LogP contribution in [0.25, 0.3) is 0 Å². The van der Waals surface area contributed by atoms with Crippen molar-refractivity contribution in [2.75, 3.05) is 24.6 Å². The third-order valence-corrected chi connectivity index (χ3v) is 14.6. The molecule has 15 heteroatoms. The molecule has 1 N–H and O–H groups in total. The smallest absolute Gasteiger partial charge is 0.416 e. The molecule has 55 heavy (non-hydrogen) atoms. The molecule has 2 aromatic rings. The van der Waals surface area contributed by atoms with Crippen LogP contribution >= 0.6 is 0 Å². The highest BCUT2D eigenvalue weighted by Crippen LogP contribution is 2.40. The zero-order valence-corrected chi connectivity index (χ0v) is 33.2. The zero-order chi connectivity index (χ0) is 39.9. The molecule has 2 aromatic carbocycles. The number of amides is 3. The van der Waals surface area contributed by atoms with Crippen molar-refractivity contribution in [2.45, 2.75) is 92.9 Å². The average Bonchev–Trinajstić information content (AvgIpc) is 3.89. The first-order valence-corrected chi connectivity index (χ1v) is 22.0. The Morgan fingerprint density at radius 2 is 1.20 bits per heavy atom. The number of sulfone groups is 2. The highest BCUT2D eigenvalue weighted by atomic mass is 32.2. The van der Waals surface area contributed by atoms with Gasteiger partial charge < -0.3 is 24.3 Å². The summed E-state index contributed by atoms with van der Waals surface area (Å²) in [6, 6.07) is 16.9. The van der Waals surface area contributed by atoms with Gasteiger partial charge in [0.15, 0.2) is 19.7 Å². The summed E-state index contributed by atoms with van der Waals surface area (Å²) in [7, 11) is -6.86. The topological polar surface area (TPSA) is 172 Å². The lowest BCUT2D eigenvalue weighted by atomic mass is 9.87. The van der Waals surface area contributed by atoms with E-state index in [0.29, 0.717) is 42.0 Å². The molecular formula is C40H52N2O11S2. The third kappa shape index (κ3) is 10.4. The largest absolute Gasteiger partial charge is 0.444 e. The Balaban J connectivity index is 0.000000212. The molecule has 300 valence electrons. The summed E-state index contributed by atoms with van der Waals surface area (Å²) in [4.78, 5) is 36.2. The molecule has 13 nitrogen and oxygen atoms in total. The molecule has 6 rings (SSSR count). The third-order valence-electron chi connectivity index (χ3n) is 11.0. The van der Waals surface area contributed by atoms with Crippen molar-refractivity contribution in [1.29, 1.82) is 0 Å². The molecule has 4 aliphatic heterocycles. The van der Waals surface area contributed by atoms with Crippen LogP contribution in [0.1, 0.15) is 46.5 Å². The summed E-state index contributed by atoms with van der Waals surface area (Å²) in [5, 5.41) is 2.64. The van der Waals surface area contributed by atoms with Crippen LogP contribution in [-0.4, -0.2) is 101 Å². The summed E-state index contributed by atoms with van der Waals surface area (Å²) in [6.07, 6.45) is 3.01. The number of imide groups is 1. The second-order valence-electron chi connectivity index (χ2n) is 14.7. The van der Waals surface area contributed by atoms with Crippen molar-refractivity contribution in [2.24, 2.45) is 23.7 Å². The van der Waals surface area contributed by atoms with E-state index in [4.69, 9.17) is 18.9 Å². The SMILES string of the molecule is C=CC[C@@H]1O[C@H](C[C@H]2CN(C(C)=O)C(=O)O2)[C@H](C)[C@H]1CS(=O)(=O)c1ccccc1.C=CC[C@@H]1O[C@H](C[C@H]2CNC(=O)O2)[C@H](C)[C@H]1CS(=O)(=O)c1ccccc1. The maximum absolute atomic E-state index is 12.9. The fourth-order valence-electron chi connectivity index (χ4n) is 7.91. The van der Waals surface area contributed by atoms with Crippen LogP contribution < -0.4 is 5.32 Å². The fraction of sp³-hybridized carbons (Fsp3) is 0.525. The number of carbonyl (C=O) groups is 3. The quantitative estimate of drug-likeness (QED) is 0.244. The van der Waals surface area contributed by atoms with E-state index in [9.17, 15) is 31.2 Å². The predicted octanol–water partition coefficient (Wildman–Crippen LogP) is 5.37. The van der Waals surface area contributed by atoms with E-state index in [1.165, 1.54) is 6.92 Å². The van der Waals surface area contributed by atoms with E-state index in [2.05, 4.69) is 18.5 Å². The Hall–Kier alpha value is -4.05. The molecule has 3 amide bonds. The van der Waals surface area contributed by atoms with Gasteiger partial charge in [0.05, 0.1) is 58.8 Å². The Kier molecular flexibility index (Phi) is 14.0. The maximum Gasteiger partial charge on any atom is 0.416 e. The molecule has 0 unspecified atom stereocenters. The lowest BCUT2D eigenvalue weighted by Gasteiger charge is -2.21. The Bertz CT molecular complexity index is 1890. The van der Waals surface area contributed by atoms with Crippen molar-refractivity contribution in [1.82, 2.24) is 10.2 Å². The van der Waals surface area contributed by atoms with Gasteiger partial charge in [-0.05, 0) is 48.9 Å². The van der Waals surface area contributed by atoms with E-state index >= 15 is 0 Å². The van der Waals surface area contributed by atoms with Crippen molar-refractivity contribution < 1.29 is 50.2 Å². The molecule has 0 aromatic heterocycles. The number of hydrogen-bond donors (Lipinski definition) is 1. The van der Waals surface area contributed by atoms with E-state index in [0.717, 1.165) is 4.90 Å². The lowest BCUT2D eigenvalue weighted by Crippen LogP contribution is -2.31. The highest BCUT2D eigenvalue weighted by Gasteiger charge is 2.47. The molecule has 10 atom stereocenters. The van der Waals surface area contributed by atoms with Gasteiger partial charge >= 0.3 is 12.2 Å². The van der Waals surface area contributed by atoms with Crippen LogP contribution in [0, 0.1) is 23.7 Å². The van der Waals surface area contributed by atoms with E-state index < -0.39 is 38.0 Å². The van der Waals surface area contributed by atoms with Crippen LogP contribution in [0.2, 0.25) is 0 Å². The number of hydrogen-bond acceptors (Lipinski definition) is 11. The predicted molar refractivity (Wildman–Crippen MR) is 204 cm³/mol. The van der Waals surface area contributed by atoms with Crippen molar-refractivity contribution >= 4 is 37.8 Å². The van der Waals surface area contributed by atoms with Gasteiger partial charge in [-0.15, -0.1) is 13.2 Å². The normalized spacial score (nSPS) is 30.5. The highest BCUT2D eigenvalue weighted by molar-refractivity contribution is 7.91. The molecule has 0 spiro atoms. The molecule has 0 aliphatic carbocycles. The van der Waals surface area contributed by atoms with Gasteiger partial charge in [0, 0.05) is 31.6 Å². The molecule has 0 radical (unpaired) electrons. The number of rotatable bonds is 14. The number of cyclic esters (lactones) is 2. The summed E-state index contributed by atoms with van der Waals surface area (Å²) >= 11 is 0. The van der Waals surface area contributed by atoms with Crippen molar-refractivity contribution in [3.8, 4) is 0 Å². The van der Waals surface area contributed by atoms with Crippen LogP contribution in [0.4, 0.5) is 9.59 Å². The molecule has 4 heterocycles. The monoisotopic (exact) mass is 800 g/mol. The van der Waals surface area contributed by atoms with Gasteiger partial charge in [0.25, 0.3) is 0 Å². The van der Waals surface area contributed by atoms with Crippen molar-refractivity contribution in [3.05, 3.63) is 86.0 Å². The molecule has 4 fully saturated rings. The molecular weight excluding hydrogens is 749 g/mol. The fourth-order valence-corrected chi connectivity index (χ4v) is 11.5. The number of benzene rings is 2. The Morgan fingerprint density at radius 3 is 1.58 bits per heavy atom. The van der Waals surface area contributed by atoms with Gasteiger partial charge in [0.1, 0.15) is 12.2 Å². The van der Waals surface area contributed by atoms with Crippen molar-refractivity contribution in [3.63, 3.8) is 0 Å². The minimum atomic E-state index is -3.46. The summed E-state index contributed by atoms with van der Waals surface area (Å²) < 4.78 is 74.3. The van der Waals surface area contributed by atoms with Crippen LogP contribution in [-0.2, 0) is 43.4 Å². The van der Waals surface area contributed by atoms with Gasteiger partial charge in [-0.1, -0.05) is 62.4 Å². The number of ether oxygens (including phenoxy) is 4. The van der Waals surface area contributed by atoms with Gasteiger partial charge in [-0.2, -0.15) is 0 Å². The summed E-state index contributed by atoms with van der Waals surface area (Å²) in [5.74, 6) is -0.680. The Labute approximate surface area is 324 Å². The summed E-state index contributed by atoms with van der Waals surface area (Å²) in [6.45, 7) is 13.5. The number of alkyl carbamates (subject to hydrolysis) is 1. The first-order valence-electron chi connectivity index (χ1n) is 18.6. The first kappa shape index (κ1) is 42.1. The zero-order valence-electron chi connectivity index (χ0n) is 31.5. The molecule has 4 aliphatic rings. The van der Waals surface area contributed by atoms with Crippen LogP contribution in [0.15, 0.2) is 95.8 Å². The standard InChI is InChI=1S/C21H27NO6S.C19H25NO5S/c1-4-8-19-18(13-29(25,26)17-9-6-5-7-10-17)14(2)20(28-19)11-16-12-22(15(3)23)21(24)27-16;1-3-7-17-16(12-26(22,23)15-8-5-4-6-9-15)13(2)18(25-17)10-14-11-20-19(21)24-14/h4-7,9-10,14,16,18-20H,1,8,11-13H2,2-3H3;3-6,8-9,13-14,16-18H,1,7,10-12H2,2H3,(H,20,21)/t14-,16+,18-,19+,20-;13-,14+,16-,17+,18-/m11/s1. The number of carbonyl (C=O) groups excluding carboxylic acids is 3. The van der Waals surface area contributed by atoms with Crippen LogP contribution in [0.3, 0.4) is 0 Å². The minimum Gasteiger partial charge on any atom is -0.444 e. The maximum atomic E-state index is 12.9. The lowest BCUT2D eigenvalue weighted by molar-refractivity contribution is -0.125. The van der Waals surface area contributed by atoms with Crippen LogP contribution in [0.5, 0.6) is 0 Å². The van der Waals surface area contributed by atoms with E-state index in [1.54, 1.807) is 72.8 Å². The average molecular weight is 801 g/mol. The number of nitrogens with zero attached hydrogens (tertiary/aromatic N) is 1. The second-order valence-corrected chi connectivity index (χ2v) is 18.8. The van der Waals surface area contributed by atoms with Gasteiger partial charge in [0.2, 0.25) is 5.91 Å². The minimum absolute atomic E-state index is 0.0167. The molecule has 4 saturated heterocycles. The van der Waals surface area contributed by atoms with Gasteiger partial charge in [-0.3, -0.25) is 4.79 Å². The van der Waals surface area contributed by atoms with E-state index in [-0.39, 0.29) is 78.1 Å². The second kappa shape index (κ2) is 18.3. The molecule has 0 bridgehead atoms. The number of nitrogens with one attached hydrogen (secondary N) is 1. The van der Waals surface area contributed by atoms with E-state index in [1.807, 2.05) is 13.8 Å². The molecule has 0 saturated carbocycles. The first-order chi connectivity index (χ1) is 26.1. The summed E-state index contributed by atoms with van der Waals surface area (Å²) in [5.41, 5.74) is 0.